The van der Waals surface area contributed by atoms with Crippen molar-refractivity contribution < 1.29 is 9.59 Å². The summed E-state index contributed by atoms with van der Waals surface area (Å²) in [6, 6.07) is 15.3. The molecule has 4 rings (SSSR count). The van der Waals surface area contributed by atoms with Crippen molar-refractivity contribution in [2.45, 2.75) is 31.3 Å². The maximum Gasteiger partial charge on any atom is 0.254 e. The van der Waals surface area contributed by atoms with Gasteiger partial charge in [0, 0.05) is 61.8 Å². The van der Waals surface area contributed by atoms with Crippen LogP contribution in [-0.4, -0.2) is 48.6 Å². The molecule has 6 nitrogen and oxygen atoms in total. The molecule has 0 spiro atoms. The number of nitrogens with one attached hydrogen (secondary N) is 1. The number of nitrogens with zero attached hydrogens (tertiary/aromatic N) is 3. The highest BCUT2D eigenvalue weighted by molar-refractivity contribution is 7.98. The van der Waals surface area contributed by atoms with Crippen molar-refractivity contribution in [1.29, 1.82) is 0 Å². The Bertz CT molecular complexity index is 1210. The second-order valence-electron chi connectivity index (χ2n) is 8.63. The number of hydrogen-bond acceptors (Lipinski definition) is 5. The van der Waals surface area contributed by atoms with Crippen LogP contribution in [0.25, 0.3) is 0 Å². The number of pyridine rings is 1. The molecular formula is C27H30N4O2S. The number of amides is 2. The monoisotopic (exact) mass is 474 g/mol. The van der Waals surface area contributed by atoms with E-state index in [9.17, 15) is 9.59 Å². The molecule has 0 saturated heterocycles. The first-order valence-electron chi connectivity index (χ1n) is 11.3. The number of carbonyl (C=O) groups is 2. The zero-order valence-electron chi connectivity index (χ0n) is 20.1. The van der Waals surface area contributed by atoms with Gasteiger partial charge in [-0.3, -0.25) is 14.6 Å². The number of hydrogen-bond donors (Lipinski definition) is 1. The maximum absolute atomic E-state index is 13.1. The van der Waals surface area contributed by atoms with Gasteiger partial charge < -0.3 is 15.1 Å². The van der Waals surface area contributed by atoms with Gasteiger partial charge in [0.05, 0.1) is 5.56 Å². The number of rotatable bonds is 6. The molecule has 3 aromatic rings. The minimum Gasteiger partial charge on any atom is -0.378 e. The van der Waals surface area contributed by atoms with Crippen molar-refractivity contribution >= 4 is 29.3 Å². The summed E-state index contributed by atoms with van der Waals surface area (Å²) >= 11 is 1.56. The summed E-state index contributed by atoms with van der Waals surface area (Å²) < 4.78 is 0. The van der Waals surface area contributed by atoms with Crippen LogP contribution in [0.1, 0.15) is 43.1 Å². The zero-order valence-corrected chi connectivity index (χ0v) is 20.9. The number of aromatic nitrogens is 1. The Kier molecular flexibility index (Phi) is 7.22. The molecule has 0 bridgehead atoms. The molecule has 34 heavy (non-hydrogen) atoms. The molecule has 176 valence electrons. The second-order valence-corrected chi connectivity index (χ2v) is 9.47. The smallest absolute Gasteiger partial charge is 0.254 e. The molecular weight excluding hydrogens is 444 g/mol. The molecule has 1 N–H and O–H groups in total. The molecule has 2 amide bonds. The summed E-state index contributed by atoms with van der Waals surface area (Å²) in [6.45, 7) is 3.55. The first-order chi connectivity index (χ1) is 16.4. The molecule has 0 fully saturated rings. The lowest BCUT2D eigenvalue weighted by molar-refractivity contribution is 0.0734. The van der Waals surface area contributed by atoms with Crippen LogP contribution in [0.2, 0.25) is 0 Å². The highest BCUT2D eigenvalue weighted by Gasteiger charge is 2.25. The summed E-state index contributed by atoms with van der Waals surface area (Å²) in [5.41, 5.74) is 6.64. The first kappa shape index (κ1) is 23.8. The summed E-state index contributed by atoms with van der Waals surface area (Å²) in [4.78, 5) is 35.4. The van der Waals surface area contributed by atoms with Crippen molar-refractivity contribution in [3.8, 4) is 0 Å². The van der Waals surface area contributed by atoms with E-state index in [1.807, 2.05) is 91.8 Å². The zero-order chi connectivity index (χ0) is 24.2. The fourth-order valence-corrected chi connectivity index (χ4v) is 4.91. The third kappa shape index (κ3) is 4.94. The first-order valence-corrected chi connectivity index (χ1v) is 12.6. The van der Waals surface area contributed by atoms with Crippen LogP contribution in [0.3, 0.4) is 0 Å². The van der Waals surface area contributed by atoms with Gasteiger partial charge in [0.1, 0.15) is 0 Å². The summed E-state index contributed by atoms with van der Waals surface area (Å²) in [5.74, 6) is -0.0594. The highest BCUT2D eigenvalue weighted by atomic mass is 32.2. The van der Waals surface area contributed by atoms with Crippen LogP contribution >= 0.6 is 11.8 Å². The normalized spacial score (nSPS) is 12.8. The maximum atomic E-state index is 13.1. The van der Waals surface area contributed by atoms with Crippen LogP contribution in [0.5, 0.6) is 0 Å². The third-order valence-electron chi connectivity index (χ3n) is 6.29. The summed E-state index contributed by atoms with van der Waals surface area (Å²) in [7, 11) is 3.96. The van der Waals surface area contributed by atoms with Gasteiger partial charge >= 0.3 is 0 Å². The lowest BCUT2D eigenvalue weighted by Gasteiger charge is -2.30. The van der Waals surface area contributed by atoms with Crippen molar-refractivity contribution in [1.82, 2.24) is 15.2 Å². The Morgan fingerprint density at radius 1 is 1.12 bits per heavy atom. The fraction of sp³-hybridized carbons (Fsp3) is 0.296. The molecule has 0 saturated carbocycles. The summed E-state index contributed by atoms with van der Waals surface area (Å²) in [6.07, 6.45) is 4.58. The van der Waals surface area contributed by atoms with E-state index in [0.717, 1.165) is 33.8 Å². The molecule has 2 heterocycles. The molecule has 1 aliphatic rings. The predicted molar refractivity (Wildman–Crippen MR) is 138 cm³/mol. The number of aryl methyl sites for hydroxylation is 1. The average Bonchev–Trinajstić information content (AvgIpc) is 2.87. The van der Waals surface area contributed by atoms with E-state index < -0.39 is 0 Å². The Labute approximate surface area is 205 Å². The van der Waals surface area contributed by atoms with E-state index in [2.05, 4.69) is 10.3 Å². The topological polar surface area (TPSA) is 65.5 Å². The molecule has 0 aliphatic carbocycles. The van der Waals surface area contributed by atoms with E-state index in [-0.39, 0.29) is 11.8 Å². The van der Waals surface area contributed by atoms with E-state index in [1.54, 1.807) is 11.8 Å². The number of anilines is 1. The van der Waals surface area contributed by atoms with Gasteiger partial charge in [0.15, 0.2) is 0 Å². The Balaban J connectivity index is 1.49. The average molecular weight is 475 g/mol. The Morgan fingerprint density at radius 3 is 2.56 bits per heavy atom. The quantitative estimate of drug-likeness (QED) is 0.540. The SMILES string of the molecule is CSc1ccccc1C(=O)NCc1c(C)ncc2c1CCN(C(=O)c1ccc(N(C)C)cc1)C2. The fourth-order valence-electron chi connectivity index (χ4n) is 4.31. The van der Waals surface area contributed by atoms with Crippen LogP contribution in [-0.2, 0) is 19.5 Å². The van der Waals surface area contributed by atoms with E-state index in [4.69, 9.17) is 0 Å². The Hall–Kier alpha value is -3.32. The van der Waals surface area contributed by atoms with E-state index in [1.165, 1.54) is 5.56 Å². The van der Waals surface area contributed by atoms with Gasteiger partial charge in [0.2, 0.25) is 0 Å². The van der Waals surface area contributed by atoms with Crippen LogP contribution < -0.4 is 10.2 Å². The van der Waals surface area contributed by atoms with Gasteiger partial charge in [-0.15, -0.1) is 11.8 Å². The molecule has 0 unspecified atom stereocenters. The van der Waals surface area contributed by atoms with Gasteiger partial charge in [0.25, 0.3) is 11.8 Å². The van der Waals surface area contributed by atoms with E-state index >= 15 is 0 Å². The second kappa shape index (κ2) is 10.3. The number of benzene rings is 2. The Morgan fingerprint density at radius 2 is 1.85 bits per heavy atom. The van der Waals surface area contributed by atoms with Gasteiger partial charge in [-0.25, -0.2) is 0 Å². The van der Waals surface area contributed by atoms with Gasteiger partial charge in [-0.05, 0) is 72.7 Å². The standard InChI is InChI=1S/C27H30N4O2S/c1-18-24(16-29-26(32)23-7-5-6-8-25(23)34-4)22-13-14-31(17-20(22)15-28-18)27(33)19-9-11-21(12-10-19)30(2)3/h5-12,15H,13-14,16-17H2,1-4H3,(H,29,32). The van der Waals surface area contributed by atoms with Crippen LogP contribution in [0, 0.1) is 6.92 Å². The molecule has 0 atom stereocenters. The lowest BCUT2D eigenvalue weighted by atomic mass is 9.94. The predicted octanol–water partition coefficient (Wildman–Crippen LogP) is 4.31. The number of thioether (sulfide) groups is 1. The minimum atomic E-state index is -0.0873. The molecule has 7 heteroatoms. The number of fused-ring (bicyclic) bond motifs is 1. The van der Waals surface area contributed by atoms with Crippen LogP contribution in [0.4, 0.5) is 5.69 Å². The van der Waals surface area contributed by atoms with E-state index in [0.29, 0.717) is 30.8 Å². The van der Waals surface area contributed by atoms with Crippen molar-refractivity contribution in [3.05, 3.63) is 88.2 Å². The van der Waals surface area contributed by atoms with Crippen molar-refractivity contribution in [2.24, 2.45) is 0 Å². The van der Waals surface area contributed by atoms with Gasteiger partial charge in [-0.2, -0.15) is 0 Å². The third-order valence-corrected chi connectivity index (χ3v) is 7.09. The lowest BCUT2D eigenvalue weighted by Crippen LogP contribution is -2.37. The minimum absolute atomic E-state index is 0.0278. The molecule has 1 aromatic heterocycles. The van der Waals surface area contributed by atoms with Gasteiger partial charge in [-0.1, -0.05) is 12.1 Å². The molecule has 2 aromatic carbocycles. The highest BCUT2D eigenvalue weighted by Crippen LogP contribution is 2.26. The summed E-state index contributed by atoms with van der Waals surface area (Å²) in [5, 5.41) is 3.08. The molecule has 1 aliphatic heterocycles. The largest absolute Gasteiger partial charge is 0.378 e. The van der Waals surface area contributed by atoms with Crippen molar-refractivity contribution in [3.63, 3.8) is 0 Å². The number of carbonyl (C=O) groups excluding carboxylic acids is 2. The van der Waals surface area contributed by atoms with Crippen LogP contribution in [0.15, 0.2) is 59.6 Å². The molecule has 0 radical (unpaired) electrons. The van der Waals surface area contributed by atoms with Crippen molar-refractivity contribution in [2.75, 3.05) is 31.8 Å².